The molecule has 0 aliphatic carbocycles. The molecule has 1 N–H and O–H groups in total. The molecule has 3 aromatic carbocycles. The van der Waals surface area contributed by atoms with Crippen molar-refractivity contribution in [2.24, 2.45) is 0 Å². The van der Waals surface area contributed by atoms with Gasteiger partial charge >= 0.3 is 5.97 Å². The van der Waals surface area contributed by atoms with Gasteiger partial charge in [0, 0.05) is 0 Å². The van der Waals surface area contributed by atoms with Gasteiger partial charge in [0.25, 0.3) is 0 Å². The van der Waals surface area contributed by atoms with E-state index in [1.165, 1.54) is 11.3 Å². The Hall–Kier alpha value is -2.96. The lowest BCUT2D eigenvalue weighted by Crippen LogP contribution is -2.45. The van der Waals surface area contributed by atoms with Crippen LogP contribution in [0.2, 0.25) is 0 Å². The van der Waals surface area contributed by atoms with Crippen molar-refractivity contribution in [2.75, 3.05) is 0 Å². The Bertz CT molecular complexity index is 1190. The Balaban J connectivity index is 2.06. The van der Waals surface area contributed by atoms with Crippen LogP contribution >= 0.6 is 24.0 Å². The third-order valence-corrected chi connectivity index (χ3v) is 7.08. The topological polar surface area (TPSA) is 67.3 Å². The minimum atomic E-state index is -1.67. The van der Waals surface area contributed by atoms with E-state index in [9.17, 15) is 14.7 Å². The SMILES string of the molecule is Cc1cc2nc(C(C(=O)S)C(C(=O)O)(c3ccccc3)c3ccccc3)sc2cc1C. The summed E-state index contributed by atoms with van der Waals surface area (Å²) < 4.78 is 0.915. The minimum Gasteiger partial charge on any atom is -0.480 e. The molecule has 0 aliphatic heterocycles. The highest BCUT2D eigenvalue weighted by Gasteiger charge is 2.53. The number of benzene rings is 3. The normalized spacial score (nSPS) is 12.6. The first-order chi connectivity index (χ1) is 14.9. The molecule has 1 heterocycles. The van der Waals surface area contributed by atoms with Crippen molar-refractivity contribution in [1.29, 1.82) is 0 Å². The molecule has 31 heavy (non-hydrogen) atoms. The highest BCUT2D eigenvalue weighted by atomic mass is 32.1. The number of carboxylic acids is 1. The predicted octanol–water partition coefficient (Wildman–Crippen LogP) is 5.52. The van der Waals surface area contributed by atoms with E-state index >= 15 is 0 Å². The molecule has 1 aromatic heterocycles. The van der Waals surface area contributed by atoms with Crippen molar-refractivity contribution in [2.45, 2.75) is 25.2 Å². The highest BCUT2D eigenvalue weighted by molar-refractivity contribution is 7.96. The summed E-state index contributed by atoms with van der Waals surface area (Å²) in [4.78, 5) is 30.8. The van der Waals surface area contributed by atoms with E-state index in [1.807, 2.05) is 38.1 Å². The number of carboxylic acid groups (broad SMARTS) is 1. The van der Waals surface area contributed by atoms with Crippen molar-refractivity contribution in [3.05, 3.63) is 100 Å². The molecule has 0 saturated heterocycles. The first-order valence-electron chi connectivity index (χ1n) is 9.80. The van der Waals surface area contributed by atoms with E-state index in [0.717, 1.165) is 21.3 Å². The first-order valence-corrected chi connectivity index (χ1v) is 11.1. The van der Waals surface area contributed by atoms with E-state index in [4.69, 9.17) is 4.98 Å². The Kier molecular flexibility index (Phi) is 5.69. The highest BCUT2D eigenvalue weighted by Crippen LogP contribution is 2.48. The first kappa shape index (κ1) is 21.3. The van der Waals surface area contributed by atoms with Crippen LogP contribution in [0.5, 0.6) is 0 Å². The standard InChI is InChI=1S/C25H21NO3S2/c1-15-13-19-20(14-16(15)2)31-22(26-19)21(23(27)30)25(24(28)29,17-9-5-3-6-10-17)18-11-7-4-8-12-18/h3-14,21H,1-2H3,(H,27,30)(H,28,29). The Morgan fingerprint density at radius 1 is 0.935 bits per heavy atom. The third kappa shape index (κ3) is 3.56. The second-order valence-electron chi connectivity index (χ2n) is 7.57. The van der Waals surface area contributed by atoms with Crippen LogP contribution < -0.4 is 0 Å². The van der Waals surface area contributed by atoms with E-state index in [2.05, 4.69) is 12.6 Å². The molecular weight excluding hydrogens is 426 g/mol. The van der Waals surface area contributed by atoms with Crippen LogP contribution in [0.4, 0.5) is 0 Å². The molecule has 1 unspecified atom stereocenters. The molecule has 156 valence electrons. The van der Waals surface area contributed by atoms with Gasteiger partial charge in [-0.05, 0) is 48.2 Å². The second-order valence-corrected chi connectivity index (χ2v) is 9.08. The maximum absolute atomic E-state index is 13.1. The van der Waals surface area contributed by atoms with Gasteiger partial charge in [-0.25, -0.2) is 4.98 Å². The van der Waals surface area contributed by atoms with Crippen molar-refractivity contribution < 1.29 is 14.7 Å². The van der Waals surface area contributed by atoms with Crippen molar-refractivity contribution in [1.82, 2.24) is 4.98 Å². The number of rotatable bonds is 6. The van der Waals surface area contributed by atoms with Crippen LogP contribution in [0.1, 0.15) is 33.2 Å². The summed E-state index contributed by atoms with van der Waals surface area (Å²) in [7, 11) is 0. The zero-order valence-corrected chi connectivity index (χ0v) is 18.8. The largest absolute Gasteiger partial charge is 0.480 e. The molecule has 4 rings (SSSR count). The third-order valence-electron chi connectivity index (χ3n) is 5.74. The molecule has 1 atom stereocenters. The van der Waals surface area contributed by atoms with E-state index < -0.39 is 22.4 Å². The number of carbonyl (C=O) groups is 2. The van der Waals surface area contributed by atoms with Gasteiger partial charge in [-0.15, -0.1) is 24.0 Å². The molecule has 6 heteroatoms. The summed E-state index contributed by atoms with van der Waals surface area (Å²) >= 11 is 5.53. The molecule has 0 radical (unpaired) electrons. The van der Waals surface area contributed by atoms with Gasteiger partial charge in [0.2, 0.25) is 0 Å². The molecule has 0 bridgehead atoms. The van der Waals surface area contributed by atoms with Gasteiger partial charge in [-0.1, -0.05) is 60.7 Å². The number of aromatic nitrogens is 1. The number of carbonyl (C=O) groups excluding carboxylic acids is 1. The van der Waals surface area contributed by atoms with Gasteiger partial charge in [-0.2, -0.15) is 0 Å². The number of aryl methyl sites for hydroxylation is 2. The molecule has 4 nitrogen and oxygen atoms in total. The number of thiol groups is 1. The lowest BCUT2D eigenvalue weighted by molar-refractivity contribution is -0.144. The van der Waals surface area contributed by atoms with Gasteiger partial charge in [0.1, 0.15) is 16.3 Å². The lowest BCUT2D eigenvalue weighted by atomic mass is 9.66. The Morgan fingerprint density at radius 3 is 1.94 bits per heavy atom. The Labute approximate surface area is 190 Å². The fourth-order valence-electron chi connectivity index (χ4n) is 4.07. The van der Waals surface area contributed by atoms with Crippen LogP contribution in [-0.2, 0) is 15.0 Å². The van der Waals surface area contributed by atoms with Crippen molar-refractivity contribution in [3.63, 3.8) is 0 Å². The molecule has 0 fully saturated rings. The maximum atomic E-state index is 13.1. The van der Waals surface area contributed by atoms with Gasteiger partial charge in [-0.3, -0.25) is 9.59 Å². The monoisotopic (exact) mass is 447 g/mol. The molecule has 0 spiro atoms. The summed E-state index contributed by atoms with van der Waals surface area (Å²) in [5.74, 6) is -2.22. The summed E-state index contributed by atoms with van der Waals surface area (Å²) in [6.07, 6.45) is 0. The summed E-state index contributed by atoms with van der Waals surface area (Å²) in [6, 6.07) is 21.7. The second kappa shape index (κ2) is 8.29. The van der Waals surface area contributed by atoms with Crippen LogP contribution in [0.15, 0.2) is 72.8 Å². The molecule has 0 amide bonds. The number of fused-ring (bicyclic) bond motifs is 1. The average molecular weight is 448 g/mol. The molecule has 0 aliphatic rings. The van der Waals surface area contributed by atoms with Gasteiger partial charge in [0.05, 0.1) is 10.2 Å². The number of hydrogen-bond acceptors (Lipinski definition) is 4. The quantitative estimate of drug-likeness (QED) is 0.382. The van der Waals surface area contributed by atoms with Crippen LogP contribution in [-0.4, -0.2) is 21.2 Å². The Morgan fingerprint density at radius 2 is 1.45 bits per heavy atom. The number of thiazole rings is 1. The summed E-state index contributed by atoms with van der Waals surface area (Å²) in [6.45, 7) is 4.02. The van der Waals surface area contributed by atoms with Crippen LogP contribution in [0.25, 0.3) is 10.2 Å². The van der Waals surface area contributed by atoms with Crippen molar-refractivity contribution in [3.8, 4) is 0 Å². The van der Waals surface area contributed by atoms with E-state index in [0.29, 0.717) is 16.1 Å². The van der Waals surface area contributed by atoms with Crippen LogP contribution in [0, 0.1) is 13.8 Å². The number of aliphatic carboxylic acids is 1. The summed E-state index contributed by atoms with van der Waals surface area (Å²) in [5, 5.41) is 10.6. The predicted molar refractivity (Wildman–Crippen MR) is 127 cm³/mol. The van der Waals surface area contributed by atoms with E-state index in [-0.39, 0.29) is 0 Å². The average Bonchev–Trinajstić information content (AvgIpc) is 3.14. The molecule has 0 saturated carbocycles. The van der Waals surface area contributed by atoms with Gasteiger partial charge < -0.3 is 5.11 Å². The van der Waals surface area contributed by atoms with E-state index in [1.54, 1.807) is 48.5 Å². The minimum absolute atomic E-state index is 0.440. The van der Waals surface area contributed by atoms with Crippen LogP contribution in [0.3, 0.4) is 0 Å². The van der Waals surface area contributed by atoms with Gasteiger partial charge in [0.15, 0.2) is 5.12 Å². The number of nitrogens with zero attached hydrogens (tertiary/aromatic N) is 1. The summed E-state index contributed by atoms with van der Waals surface area (Å²) in [5.41, 5.74) is 2.31. The zero-order chi connectivity index (χ0) is 22.2. The fourth-order valence-corrected chi connectivity index (χ4v) is 5.69. The lowest BCUT2D eigenvalue weighted by Gasteiger charge is -2.35. The zero-order valence-electron chi connectivity index (χ0n) is 17.1. The van der Waals surface area contributed by atoms with Crippen molar-refractivity contribution >= 4 is 45.3 Å². The maximum Gasteiger partial charge on any atom is 0.319 e. The number of hydrogen-bond donors (Lipinski definition) is 2. The fraction of sp³-hybridized carbons (Fsp3) is 0.160. The molecular formula is C25H21NO3S2. The molecule has 4 aromatic rings. The smallest absolute Gasteiger partial charge is 0.319 e.